The second-order valence-electron chi connectivity index (χ2n) is 3.63. The molecule has 0 N–H and O–H groups in total. The first-order valence-electron chi connectivity index (χ1n) is 5.28. The summed E-state index contributed by atoms with van der Waals surface area (Å²) in [5.41, 5.74) is 0.286. The number of halogens is 1. The number of para-hydroxylation sites is 2. The number of nitrogens with zero attached hydrogens (tertiary/aromatic N) is 1. The number of rotatable bonds is 4. The van der Waals surface area contributed by atoms with Crippen LogP contribution in [-0.4, -0.2) is 11.2 Å². The first-order chi connectivity index (χ1) is 9.11. The second-order valence-corrected chi connectivity index (χ2v) is 4.48. The van der Waals surface area contributed by atoms with Gasteiger partial charge in [-0.1, -0.05) is 28.1 Å². The third-order valence-corrected chi connectivity index (χ3v) is 3.11. The molecule has 0 aliphatic heterocycles. The Morgan fingerprint density at radius 1 is 1.21 bits per heavy atom. The lowest BCUT2D eigenvalue weighted by atomic mass is 10.2. The highest BCUT2D eigenvalue weighted by Crippen LogP contribution is 2.32. The van der Waals surface area contributed by atoms with E-state index in [1.165, 1.54) is 18.2 Å². The first-order valence-corrected chi connectivity index (χ1v) is 6.07. The highest BCUT2D eigenvalue weighted by Gasteiger charge is 2.14. The SMILES string of the molecule is O=Cc1cc(Oc2ccccc2[N+](=O)[O-])ccc1Br. The number of carbonyl (C=O) groups is 1. The number of nitro benzene ring substituents is 1. The van der Waals surface area contributed by atoms with E-state index in [0.717, 1.165) is 0 Å². The van der Waals surface area contributed by atoms with Crippen molar-refractivity contribution in [2.24, 2.45) is 0 Å². The van der Waals surface area contributed by atoms with Crippen molar-refractivity contribution in [3.05, 3.63) is 62.6 Å². The van der Waals surface area contributed by atoms with E-state index in [-0.39, 0.29) is 11.4 Å². The van der Waals surface area contributed by atoms with Crippen molar-refractivity contribution in [3.63, 3.8) is 0 Å². The van der Waals surface area contributed by atoms with E-state index in [1.54, 1.807) is 24.3 Å². The van der Waals surface area contributed by atoms with Crippen LogP contribution in [0.5, 0.6) is 11.5 Å². The normalized spacial score (nSPS) is 9.95. The molecule has 0 spiro atoms. The molecule has 0 bridgehead atoms. The highest BCUT2D eigenvalue weighted by molar-refractivity contribution is 9.10. The maximum Gasteiger partial charge on any atom is 0.311 e. The summed E-state index contributed by atoms with van der Waals surface area (Å²) in [5.74, 6) is 0.492. The van der Waals surface area contributed by atoms with Crippen LogP contribution < -0.4 is 4.74 Å². The van der Waals surface area contributed by atoms with Crippen LogP contribution in [-0.2, 0) is 0 Å². The van der Waals surface area contributed by atoms with E-state index in [4.69, 9.17) is 4.74 Å². The molecule has 0 aliphatic carbocycles. The van der Waals surface area contributed by atoms with Crippen LogP contribution in [0, 0.1) is 10.1 Å². The Bertz CT molecular complexity index is 642. The van der Waals surface area contributed by atoms with E-state index >= 15 is 0 Å². The van der Waals surface area contributed by atoms with E-state index < -0.39 is 4.92 Å². The van der Waals surface area contributed by atoms with Gasteiger partial charge in [0.05, 0.1) is 4.92 Å². The van der Waals surface area contributed by atoms with Gasteiger partial charge >= 0.3 is 5.69 Å². The van der Waals surface area contributed by atoms with Gasteiger partial charge in [0.15, 0.2) is 6.29 Å². The number of hydrogen-bond donors (Lipinski definition) is 0. The topological polar surface area (TPSA) is 69.4 Å². The van der Waals surface area contributed by atoms with Gasteiger partial charge in [-0.3, -0.25) is 14.9 Å². The van der Waals surface area contributed by atoms with Crippen molar-refractivity contribution >= 4 is 27.9 Å². The molecule has 19 heavy (non-hydrogen) atoms. The van der Waals surface area contributed by atoms with Crippen molar-refractivity contribution in [2.45, 2.75) is 0 Å². The minimum Gasteiger partial charge on any atom is -0.450 e. The Balaban J connectivity index is 2.36. The van der Waals surface area contributed by atoms with E-state index in [0.29, 0.717) is 22.1 Å². The third-order valence-electron chi connectivity index (χ3n) is 2.38. The molecule has 96 valence electrons. The van der Waals surface area contributed by atoms with Crippen LogP contribution in [0.25, 0.3) is 0 Å². The van der Waals surface area contributed by atoms with Crippen molar-refractivity contribution in [3.8, 4) is 11.5 Å². The fraction of sp³-hybridized carbons (Fsp3) is 0. The molecule has 5 nitrogen and oxygen atoms in total. The minimum atomic E-state index is -0.519. The lowest BCUT2D eigenvalue weighted by Gasteiger charge is -2.07. The summed E-state index contributed by atoms with van der Waals surface area (Å²) in [5, 5.41) is 10.9. The molecule has 0 aromatic heterocycles. The molecule has 0 radical (unpaired) electrons. The van der Waals surface area contributed by atoms with Gasteiger partial charge < -0.3 is 4.74 Å². The Labute approximate surface area is 117 Å². The summed E-state index contributed by atoms with van der Waals surface area (Å²) >= 11 is 3.22. The Morgan fingerprint density at radius 3 is 2.63 bits per heavy atom. The van der Waals surface area contributed by atoms with Crippen LogP contribution >= 0.6 is 15.9 Å². The number of ether oxygens (including phenoxy) is 1. The van der Waals surface area contributed by atoms with E-state index in [9.17, 15) is 14.9 Å². The Hall–Kier alpha value is -2.21. The van der Waals surface area contributed by atoms with Crippen LogP contribution in [0.1, 0.15) is 10.4 Å². The highest BCUT2D eigenvalue weighted by atomic mass is 79.9. The van der Waals surface area contributed by atoms with Crippen molar-refractivity contribution < 1.29 is 14.5 Å². The largest absolute Gasteiger partial charge is 0.450 e. The van der Waals surface area contributed by atoms with E-state index in [2.05, 4.69) is 15.9 Å². The van der Waals surface area contributed by atoms with Gasteiger partial charge in [-0.2, -0.15) is 0 Å². The standard InChI is InChI=1S/C13H8BrNO4/c14-11-6-5-10(7-9(11)8-16)19-13-4-2-1-3-12(13)15(17)18/h1-8H. The summed E-state index contributed by atoms with van der Waals surface area (Å²) in [6.07, 6.45) is 0.677. The van der Waals surface area contributed by atoms with Crippen LogP contribution in [0.2, 0.25) is 0 Å². The molecular formula is C13H8BrNO4. The van der Waals surface area contributed by atoms with Crippen molar-refractivity contribution in [2.75, 3.05) is 0 Å². The third kappa shape index (κ3) is 2.97. The first kappa shape index (κ1) is 13.2. The summed E-state index contributed by atoms with van der Waals surface area (Å²) < 4.78 is 6.08. The van der Waals surface area contributed by atoms with Gasteiger partial charge in [0, 0.05) is 16.1 Å². The quantitative estimate of drug-likeness (QED) is 0.485. The lowest BCUT2D eigenvalue weighted by Crippen LogP contribution is -1.93. The summed E-state index contributed by atoms with van der Waals surface area (Å²) in [4.78, 5) is 21.1. The molecule has 0 unspecified atom stereocenters. The molecule has 2 rings (SSSR count). The number of nitro groups is 1. The van der Waals surface area contributed by atoms with Gasteiger partial charge in [0.25, 0.3) is 0 Å². The minimum absolute atomic E-state index is 0.127. The summed E-state index contributed by atoms with van der Waals surface area (Å²) in [6.45, 7) is 0. The fourth-order valence-electron chi connectivity index (χ4n) is 1.50. The van der Waals surface area contributed by atoms with Gasteiger partial charge in [-0.05, 0) is 24.3 Å². The number of aldehydes is 1. The van der Waals surface area contributed by atoms with Crippen LogP contribution in [0.4, 0.5) is 5.69 Å². The molecule has 0 fully saturated rings. The van der Waals surface area contributed by atoms with Crippen LogP contribution in [0.15, 0.2) is 46.9 Å². The molecule has 0 saturated carbocycles. The van der Waals surface area contributed by atoms with Crippen molar-refractivity contribution in [1.29, 1.82) is 0 Å². The van der Waals surface area contributed by atoms with Gasteiger partial charge in [-0.15, -0.1) is 0 Å². The zero-order valence-corrected chi connectivity index (χ0v) is 11.2. The Morgan fingerprint density at radius 2 is 1.95 bits per heavy atom. The predicted molar refractivity (Wildman–Crippen MR) is 72.7 cm³/mol. The molecule has 0 heterocycles. The van der Waals surface area contributed by atoms with Gasteiger partial charge in [-0.25, -0.2) is 0 Å². The molecule has 2 aromatic rings. The number of hydrogen-bond acceptors (Lipinski definition) is 4. The second kappa shape index (κ2) is 5.62. The molecule has 0 atom stereocenters. The lowest BCUT2D eigenvalue weighted by molar-refractivity contribution is -0.385. The average Bonchev–Trinajstić information content (AvgIpc) is 2.41. The number of carbonyl (C=O) groups excluding carboxylic acids is 1. The van der Waals surface area contributed by atoms with E-state index in [1.807, 2.05) is 0 Å². The molecule has 0 saturated heterocycles. The average molecular weight is 322 g/mol. The molecule has 0 aliphatic rings. The zero-order chi connectivity index (χ0) is 13.8. The summed E-state index contributed by atoms with van der Waals surface area (Å²) in [7, 11) is 0. The Kier molecular flexibility index (Phi) is 3.91. The van der Waals surface area contributed by atoms with Gasteiger partial charge in [0.1, 0.15) is 5.75 Å². The zero-order valence-electron chi connectivity index (χ0n) is 9.58. The predicted octanol–water partition coefficient (Wildman–Crippen LogP) is 3.96. The maximum atomic E-state index is 10.9. The molecular weight excluding hydrogens is 314 g/mol. The molecule has 0 amide bonds. The number of benzene rings is 2. The molecule has 6 heteroatoms. The van der Waals surface area contributed by atoms with Gasteiger partial charge in [0.2, 0.25) is 5.75 Å². The summed E-state index contributed by atoms with van der Waals surface area (Å²) in [6, 6.07) is 10.8. The molecule has 2 aromatic carbocycles. The monoisotopic (exact) mass is 321 g/mol. The maximum absolute atomic E-state index is 10.9. The van der Waals surface area contributed by atoms with Crippen LogP contribution in [0.3, 0.4) is 0 Å². The smallest absolute Gasteiger partial charge is 0.311 e. The van der Waals surface area contributed by atoms with Crippen molar-refractivity contribution in [1.82, 2.24) is 0 Å². The fourth-order valence-corrected chi connectivity index (χ4v) is 1.84.